The number of fused-ring (bicyclic) bond motifs is 1. The molecular weight excluding hydrogens is 259 g/mol. The van der Waals surface area contributed by atoms with Gasteiger partial charge < -0.3 is 9.67 Å². The van der Waals surface area contributed by atoms with Crippen molar-refractivity contribution in [3.63, 3.8) is 0 Å². The number of nitrogens with zero attached hydrogens (tertiary/aromatic N) is 1. The van der Waals surface area contributed by atoms with Crippen LogP contribution in [0, 0.1) is 0 Å². The molecule has 0 fully saturated rings. The molecule has 6 heteroatoms. The highest BCUT2D eigenvalue weighted by molar-refractivity contribution is 5.92. The van der Waals surface area contributed by atoms with Gasteiger partial charge in [-0.1, -0.05) is 6.07 Å². The summed E-state index contributed by atoms with van der Waals surface area (Å²) in [5, 5.41) is 8.97. The third-order valence-corrected chi connectivity index (χ3v) is 3.19. The van der Waals surface area contributed by atoms with Crippen molar-refractivity contribution in [3.8, 4) is 0 Å². The molecule has 1 aromatic heterocycles. The van der Waals surface area contributed by atoms with Crippen LogP contribution in [0.5, 0.6) is 0 Å². The lowest BCUT2D eigenvalue weighted by atomic mass is 9.97. The van der Waals surface area contributed by atoms with Gasteiger partial charge in [0.15, 0.2) is 0 Å². The molecule has 0 spiro atoms. The van der Waals surface area contributed by atoms with E-state index in [0.29, 0.717) is 5.52 Å². The Balaban J connectivity index is 2.83. The predicted molar refractivity (Wildman–Crippen MR) is 64.0 cm³/mol. The molecule has 19 heavy (non-hydrogen) atoms. The lowest BCUT2D eigenvalue weighted by Gasteiger charge is -2.11. The summed E-state index contributed by atoms with van der Waals surface area (Å²) < 4.78 is 40.6. The Morgan fingerprint density at radius 3 is 2.53 bits per heavy atom. The summed E-state index contributed by atoms with van der Waals surface area (Å²) in [5.41, 5.74) is -0.246. The van der Waals surface area contributed by atoms with Gasteiger partial charge in [-0.3, -0.25) is 4.79 Å². The highest BCUT2D eigenvalue weighted by atomic mass is 19.4. The summed E-state index contributed by atoms with van der Waals surface area (Å²) in [6.07, 6.45) is -3.06. The van der Waals surface area contributed by atoms with Crippen molar-refractivity contribution in [2.75, 3.05) is 0 Å². The number of aromatic nitrogens is 1. The van der Waals surface area contributed by atoms with E-state index in [1.165, 1.54) is 23.8 Å². The molecule has 2 rings (SSSR count). The number of carbonyl (C=O) groups is 1. The van der Waals surface area contributed by atoms with Crippen LogP contribution in [-0.2, 0) is 18.0 Å². The normalized spacial score (nSPS) is 13.7. The summed E-state index contributed by atoms with van der Waals surface area (Å²) in [5.74, 6) is -2.14. The smallest absolute Gasteiger partial charge is 0.417 e. The Kier molecular flexibility index (Phi) is 3.04. The van der Waals surface area contributed by atoms with Crippen molar-refractivity contribution >= 4 is 16.9 Å². The molecule has 0 bridgehead atoms. The van der Waals surface area contributed by atoms with Crippen LogP contribution in [0.25, 0.3) is 10.9 Å². The van der Waals surface area contributed by atoms with Gasteiger partial charge in [0.05, 0.1) is 11.5 Å². The van der Waals surface area contributed by atoms with E-state index in [4.69, 9.17) is 5.11 Å². The number of aliphatic carboxylic acids is 1. The van der Waals surface area contributed by atoms with E-state index in [0.717, 1.165) is 6.07 Å². The molecule has 1 heterocycles. The van der Waals surface area contributed by atoms with Crippen molar-refractivity contribution in [3.05, 3.63) is 35.5 Å². The van der Waals surface area contributed by atoms with Gasteiger partial charge in [0.25, 0.3) is 0 Å². The Bertz CT molecular complexity index is 643. The van der Waals surface area contributed by atoms with Crippen LogP contribution in [-0.4, -0.2) is 15.6 Å². The molecule has 0 aliphatic heterocycles. The maximum Gasteiger partial charge on any atom is 0.417 e. The molecule has 3 nitrogen and oxygen atoms in total. The number of halogens is 3. The summed E-state index contributed by atoms with van der Waals surface area (Å²) in [7, 11) is 1.60. The fourth-order valence-corrected chi connectivity index (χ4v) is 2.18. The van der Waals surface area contributed by atoms with E-state index in [1.807, 2.05) is 0 Å². The van der Waals surface area contributed by atoms with E-state index in [9.17, 15) is 18.0 Å². The molecule has 0 saturated heterocycles. The van der Waals surface area contributed by atoms with Crippen LogP contribution >= 0.6 is 0 Å². The zero-order valence-corrected chi connectivity index (χ0v) is 10.3. The number of hydrogen-bond acceptors (Lipinski definition) is 1. The van der Waals surface area contributed by atoms with Gasteiger partial charge in [-0.05, 0) is 24.6 Å². The molecular formula is C13H12F3NO2. The molecule has 0 aliphatic carbocycles. The Morgan fingerprint density at radius 1 is 1.37 bits per heavy atom. The lowest BCUT2D eigenvalue weighted by Crippen LogP contribution is -2.10. The minimum atomic E-state index is -4.51. The molecule has 1 N–H and O–H groups in total. The van der Waals surface area contributed by atoms with Gasteiger partial charge in [0.2, 0.25) is 0 Å². The Morgan fingerprint density at radius 2 is 2.00 bits per heavy atom. The first-order chi connectivity index (χ1) is 8.73. The molecule has 102 valence electrons. The highest BCUT2D eigenvalue weighted by Crippen LogP contribution is 2.39. The van der Waals surface area contributed by atoms with Crippen molar-refractivity contribution in [2.24, 2.45) is 7.05 Å². The van der Waals surface area contributed by atoms with Gasteiger partial charge in [-0.15, -0.1) is 0 Å². The maximum atomic E-state index is 13.0. The maximum absolute atomic E-state index is 13.0. The summed E-state index contributed by atoms with van der Waals surface area (Å²) in [4.78, 5) is 11.0. The van der Waals surface area contributed by atoms with E-state index < -0.39 is 23.6 Å². The first-order valence-corrected chi connectivity index (χ1v) is 5.61. The van der Waals surface area contributed by atoms with Crippen LogP contribution in [0.2, 0.25) is 0 Å². The van der Waals surface area contributed by atoms with Crippen LogP contribution in [0.4, 0.5) is 13.2 Å². The number of hydrogen-bond donors (Lipinski definition) is 1. The van der Waals surface area contributed by atoms with E-state index in [2.05, 4.69) is 0 Å². The minimum absolute atomic E-state index is 0.0348. The quantitative estimate of drug-likeness (QED) is 0.909. The van der Waals surface area contributed by atoms with Crippen molar-refractivity contribution in [1.29, 1.82) is 0 Å². The largest absolute Gasteiger partial charge is 0.481 e. The fourth-order valence-electron chi connectivity index (χ4n) is 2.18. The van der Waals surface area contributed by atoms with Crippen LogP contribution in [0.15, 0.2) is 24.4 Å². The summed E-state index contributed by atoms with van der Waals surface area (Å²) in [6, 6.07) is 3.84. The van der Waals surface area contributed by atoms with E-state index in [-0.39, 0.29) is 10.9 Å². The number of rotatable bonds is 2. The average molecular weight is 271 g/mol. The third-order valence-electron chi connectivity index (χ3n) is 3.19. The molecule has 2 aromatic rings. The topological polar surface area (TPSA) is 42.2 Å². The number of carboxylic acid groups (broad SMARTS) is 1. The second-order valence-corrected chi connectivity index (χ2v) is 4.45. The lowest BCUT2D eigenvalue weighted by molar-refractivity contribution is -0.139. The number of carboxylic acids is 1. The monoisotopic (exact) mass is 271 g/mol. The zero-order valence-electron chi connectivity index (χ0n) is 10.3. The SMILES string of the molecule is CC(C(=O)O)c1cn(C)c2cccc(C(F)(F)F)c12. The number of alkyl halides is 3. The average Bonchev–Trinajstić information content (AvgIpc) is 2.64. The van der Waals surface area contributed by atoms with Crippen LogP contribution < -0.4 is 0 Å². The van der Waals surface area contributed by atoms with E-state index >= 15 is 0 Å². The van der Waals surface area contributed by atoms with Crippen LogP contribution in [0.3, 0.4) is 0 Å². The van der Waals surface area contributed by atoms with Gasteiger partial charge in [-0.2, -0.15) is 13.2 Å². The first-order valence-electron chi connectivity index (χ1n) is 5.61. The summed E-state index contributed by atoms with van der Waals surface area (Å²) >= 11 is 0. The fraction of sp³-hybridized carbons (Fsp3) is 0.308. The van der Waals surface area contributed by atoms with Crippen LogP contribution in [0.1, 0.15) is 24.0 Å². The van der Waals surface area contributed by atoms with Gasteiger partial charge in [-0.25, -0.2) is 0 Å². The first kappa shape index (κ1) is 13.5. The molecule has 0 saturated carbocycles. The predicted octanol–water partition coefficient (Wildman–Crippen LogP) is 3.39. The molecule has 0 radical (unpaired) electrons. The standard InChI is InChI=1S/C13H12F3NO2/c1-7(12(18)19)8-6-17(2)10-5-3-4-9(11(8)10)13(14,15)16/h3-7H,1-2H3,(H,18,19). The zero-order chi connectivity index (χ0) is 14.4. The summed E-state index contributed by atoms with van der Waals surface area (Å²) in [6.45, 7) is 1.38. The van der Waals surface area contributed by atoms with E-state index in [1.54, 1.807) is 13.1 Å². The number of aryl methyl sites for hydroxylation is 1. The van der Waals surface area contributed by atoms with Gasteiger partial charge in [0, 0.05) is 24.1 Å². The second kappa shape index (κ2) is 4.29. The molecule has 1 aromatic carbocycles. The number of benzene rings is 1. The molecule has 0 amide bonds. The minimum Gasteiger partial charge on any atom is -0.481 e. The molecule has 1 atom stereocenters. The van der Waals surface area contributed by atoms with Gasteiger partial charge in [0.1, 0.15) is 0 Å². The van der Waals surface area contributed by atoms with Crippen molar-refractivity contribution < 1.29 is 23.1 Å². The van der Waals surface area contributed by atoms with Gasteiger partial charge >= 0.3 is 12.1 Å². The Labute approximate surface area is 107 Å². The Hall–Kier alpha value is -1.98. The second-order valence-electron chi connectivity index (χ2n) is 4.45. The highest BCUT2D eigenvalue weighted by Gasteiger charge is 2.35. The van der Waals surface area contributed by atoms with Crippen molar-refractivity contribution in [2.45, 2.75) is 19.0 Å². The molecule has 0 aliphatic rings. The van der Waals surface area contributed by atoms with Crippen molar-refractivity contribution in [1.82, 2.24) is 4.57 Å². The third kappa shape index (κ3) is 2.18. The molecule has 1 unspecified atom stereocenters.